The molecule has 0 saturated carbocycles. The van der Waals surface area contributed by atoms with E-state index in [4.69, 9.17) is 13.9 Å². The monoisotopic (exact) mass is 572 g/mol. The molecular weight excluding hydrogens is 565 g/mol. The van der Waals surface area contributed by atoms with Gasteiger partial charge in [0.2, 0.25) is 6.79 Å². The van der Waals surface area contributed by atoms with Gasteiger partial charge in [0, 0.05) is 11.8 Å². The normalized spacial score (nSPS) is 13.0. The number of fused-ring (bicyclic) bond motifs is 2. The fourth-order valence-corrected chi connectivity index (χ4v) is 3.90. The number of hydrogen-bond acceptors (Lipinski definition) is 6. The first-order chi connectivity index (χ1) is 15.2. The lowest BCUT2D eigenvalue weighted by atomic mass is 10.2. The minimum absolute atomic E-state index is 0.00582. The van der Waals surface area contributed by atoms with E-state index in [1.54, 1.807) is 12.1 Å². The minimum atomic E-state index is -4.77. The number of aromatic nitrogens is 3. The van der Waals surface area contributed by atoms with Crippen molar-refractivity contribution in [1.29, 1.82) is 0 Å². The number of carbonyl (C=O) groups is 1. The third-order valence-corrected chi connectivity index (χ3v) is 5.65. The third-order valence-electron chi connectivity index (χ3n) is 4.49. The molecule has 5 rings (SSSR count). The average Bonchev–Trinajstić information content (AvgIpc) is 3.45. The van der Waals surface area contributed by atoms with Crippen molar-refractivity contribution in [2.24, 2.45) is 0 Å². The number of benzene rings is 1. The van der Waals surface area contributed by atoms with E-state index in [0.717, 1.165) is 6.07 Å². The number of hydrogen-bond donors (Lipinski definition) is 1. The molecule has 0 unspecified atom stereocenters. The van der Waals surface area contributed by atoms with E-state index in [1.807, 2.05) is 0 Å². The molecule has 3 aromatic heterocycles. The quantitative estimate of drug-likeness (QED) is 0.347. The summed E-state index contributed by atoms with van der Waals surface area (Å²) in [7, 11) is 0. The number of nitrogens with zero attached hydrogens (tertiary/aromatic N) is 3. The van der Waals surface area contributed by atoms with Gasteiger partial charge in [0.1, 0.15) is 5.69 Å². The van der Waals surface area contributed by atoms with Gasteiger partial charge in [-0.3, -0.25) is 4.79 Å². The summed E-state index contributed by atoms with van der Waals surface area (Å²) in [4.78, 5) is 17.0. The average molecular weight is 574 g/mol. The molecule has 1 aliphatic rings. The van der Waals surface area contributed by atoms with Crippen LogP contribution < -0.4 is 14.8 Å². The Morgan fingerprint density at radius 2 is 1.88 bits per heavy atom. The van der Waals surface area contributed by atoms with Crippen molar-refractivity contribution >= 4 is 49.1 Å². The molecule has 0 atom stereocenters. The first-order valence-electron chi connectivity index (χ1n) is 8.84. The topological polar surface area (TPSA) is 90.9 Å². The molecule has 4 heterocycles. The number of alkyl halides is 3. The highest BCUT2D eigenvalue weighted by atomic mass is 79.9. The van der Waals surface area contributed by atoms with Crippen molar-refractivity contribution in [2.45, 2.75) is 6.18 Å². The van der Waals surface area contributed by atoms with Crippen LogP contribution in [0.5, 0.6) is 11.5 Å². The first-order valence-corrected chi connectivity index (χ1v) is 10.4. The molecule has 0 aliphatic carbocycles. The summed E-state index contributed by atoms with van der Waals surface area (Å²) in [5.41, 5.74) is -1.31. The molecular formula is C19H9Br2F3N4O4. The zero-order chi connectivity index (χ0) is 22.6. The van der Waals surface area contributed by atoms with Gasteiger partial charge in [-0.1, -0.05) is 0 Å². The number of amides is 1. The Bertz CT molecular complexity index is 1380. The van der Waals surface area contributed by atoms with Crippen LogP contribution in [0.25, 0.3) is 17.1 Å². The Hall–Kier alpha value is -3.06. The van der Waals surface area contributed by atoms with Gasteiger partial charge in [0.25, 0.3) is 5.91 Å². The molecule has 4 aromatic rings. The maximum Gasteiger partial charge on any atom is 0.433 e. The molecule has 1 amide bonds. The van der Waals surface area contributed by atoms with Crippen LogP contribution in [0.3, 0.4) is 0 Å². The molecule has 164 valence electrons. The van der Waals surface area contributed by atoms with Crippen LogP contribution in [0.1, 0.15) is 16.2 Å². The third kappa shape index (κ3) is 3.60. The number of rotatable bonds is 3. The highest BCUT2D eigenvalue weighted by Gasteiger charge is 2.37. The van der Waals surface area contributed by atoms with Crippen LogP contribution in [0, 0.1) is 0 Å². The molecule has 0 radical (unpaired) electrons. The zero-order valence-corrected chi connectivity index (χ0v) is 18.7. The summed E-state index contributed by atoms with van der Waals surface area (Å²) in [5, 5.41) is 6.45. The van der Waals surface area contributed by atoms with Crippen LogP contribution >= 0.6 is 31.9 Å². The fraction of sp³-hybridized carbons (Fsp3) is 0.105. The lowest BCUT2D eigenvalue weighted by Crippen LogP contribution is -2.15. The van der Waals surface area contributed by atoms with E-state index in [2.05, 4.69) is 47.3 Å². The number of nitrogens with one attached hydrogen (secondary N) is 1. The molecule has 0 bridgehead atoms. The number of anilines is 1. The van der Waals surface area contributed by atoms with Crippen LogP contribution in [-0.4, -0.2) is 27.3 Å². The highest BCUT2D eigenvalue weighted by molar-refractivity contribution is 9.10. The van der Waals surface area contributed by atoms with Crippen LogP contribution in [0.2, 0.25) is 0 Å². The molecule has 0 saturated heterocycles. The van der Waals surface area contributed by atoms with Gasteiger partial charge in [-0.05, 0) is 62.2 Å². The van der Waals surface area contributed by atoms with E-state index in [-0.39, 0.29) is 34.1 Å². The van der Waals surface area contributed by atoms with Crippen LogP contribution in [0.4, 0.5) is 18.9 Å². The van der Waals surface area contributed by atoms with Crippen molar-refractivity contribution in [2.75, 3.05) is 12.1 Å². The fourth-order valence-electron chi connectivity index (χ4n) is 3.08. The number of ether oxygens (including phenoxy) is 2. The zero-order valence-electron chi connectivity index (χ0n) is 15.5. The van der Waals surface area contributed by atoms with E-state index in [9.17, 15) is 18.0 Å². The Kier molecular flexibility index (Phi) is 4.89. The summed E-state index contributed by atoms with van der Waals surface area (Å²) in [6.45, 7) is 0.0607. The molecule has 1 aliphatic heterocycles. The van der Waals surface area contributed by atoms with Crippen molar-refractivity contribution in [3.8, 4) is 23.0 Å². The molecule has 8 nitrogen and oxygen atoms in total. The lowest BCUT2D eigenvalue weighted by Gasteiger charge is -2.10. The maximum absolute atomic E-state index is 13.8. The summed E-state index contributed by atoms with van der Waals surface area (Å²) < 4.78 is 58.0. The second-order valence-electron chi connectivity index (χ2n) is 6.55. The molecule has 32 heavy (non-hydrogen) atoms. The van der Waals surface area contributed by atoms with E-state index < -0.39 is 17.8 Å². The SMILES string of the molecule is O=C(Nc1ccc2c(c1)OCO2)c1nn2c(C(F)(F)F)cc(-c3ccc(Br)o3)nc2c1Br. The number of furan rings is 1. The Labute approximate surface area is 193 Å². The summed E-state index contributed by atoms with van der Waals surface area (Å²) in [6, 6.07) is 8.52. The molecule has 1 aromatic carbocycles. The van der Waals surface area contributed by atoms with Gasteiger partial charge in [-0.2, -0.15) is 18.3 Å². The van der Waals surface area contributed by atoms with Crippen molar-refractivity contribution in [3.05, 3.63) is 56.9 Å². The van der Waals surface area contributed by atoms with Gasteiger partial charge >= 0.3 is 6.18 Å². The van der Waals surface area contributed by atoms with E-state index >= 15 is 0 Å². The summed E-state index contributed by atoms with van der Waals surface area (Å²) in [5.74, 6) is 0.334. The summed E-state index contributed by atoms with van der Waals surface area (Å²) >= 11 is 6.28. The van der Waals surface area contributed by atoms with Gasteiger partial charge in [-0.15, -0.1) is 0 Å². The molecule has 0 spiro atoms. The predicted molar refractivity (Wildman–Crippen MR) is 112 cm³/mol. The van der Waals surface area contributed by atoms with E-state index in [1.165, 1.54) is 18.2 Å². The second-order valence-corrected chi connectivity index (χ2v) is 8.12. The largest absolute Gasteiger partial charge is 0.454 e. The Balaban J connectivity index is 1.58. The Morgan fingerprint density at radius 1 is 1.09 bits per heavy atom. The molecule has 0 fully saturated rings. The van der Waals surface area contributed by atoms with Gasteiger partial charge in [0.15, 0.2) is 39.0 Å². The van der Waals surface area contributed by atoms with Crippen LogP contribution in [0.15, 0.2) is 50.0 Å². The second kappa shape index (κ2) is 7.52. The standard InChI is InChI=1S/C19H9Br2F3N4O4/c20-14-4-3-10(32-14)9-6-13(19(22,23)24)28-17(26-9)15(21)16(27-28)18(29)25-8-1-2-11-12(5-8)31-7-30-11/h1-6H,7H2,(H,25,29). The van der Waals surface area contributed by atoms with E-state index in [0.29, 0.717) is 26.4 Å². The highest BCUT2D eigenvalue weighted by Crippen LogP contribution is 2.37. The summed E-state index contributed by atoms with van der Waals surface area (Å²) in [6.07, 6.45) is -4.77. The Morgan fingerprint density at radius 3 is 2.59 bits per heavy atom. The lowest BCUT2D eigenvalue weighted by molar-refractivity contribution is -0.142. The molecule has 1 N–H and O–H groups in total. The predicted octanol–water partition coefficient (Wildman–Crippen LogP) is 5.51. The van der Waals surface area contributed by atoms with Gasteiger partial charge in [-0.25, -0.2) is 9.50 Å². The van der Waals surface area contributed by atoms with Crippen molar-refractivity contribution in [1.82, 2.24) is 14.6 Å². The van der Waals surface area contributed by atoms with Crippen molar-refractivity contribution < 1.29 is 31.9 Å². The smallest absolute Gasteiger partial charge is 0.433 e. The minimum Gasteiger partial charge on any atom is -0.454 e. The maximum atomic E-state index is 13.8. The molecule has 13 heteroatoms. The number of carbonyl (C=O) groups excluding carboxylic acids is 1. The van der Waals surface area contributed by atoms with Gasteiger partial charge < -0.3 is 19.2 Å². The first kappa shape index (κ1) is 20.8. The number of halogens is 5. The van der Waals surface area contributed by atoms with Crippen LogP contribution in [-0.2, 0) is 6.18 Å². The van der Waals surface area contributed by atoms with Gasteiger partial charge in [0.05, 0.1) is 4.47 Å². The van der Waals surface area contributed by atoms with Crippen molar-refractivity contribution in [3.63, 3.8) is 0 Å².